The lowest BCUT2D eigenvalue weighted by atomic mass is 9.91. The van der Waals surface area contributed by atoms with Gasteiger partial charge in [-0.25, -0.2) is 9.78 Å². The van der Waals surface area contributed by atoms with E-state index in [1.807, 2.05) is 21.0 Å². The van der Waals surface area contributed by atoms with Crippen molar-refractivity contribution < 1.29 is 9.32 Å². The van der Waals surface area contributed by atoms with E-state index in [4.69, 9.17) is 14.5 Å². The molecule has 2 aliphatic rings. The van der Waals surface area contributed by atoms with Crippen LogP contribution in [0.1, 0.15) is 61.2 Å². The SMILES string of the molecule is Cc1noc(C)c1NC(=O)NC1CCC(Nc2nc3c(c(N(C)C)n2)CCCC3)CC1. The van der Waals surface area contributed by atoms with Crippen LogP contribution in [0.3, 0.4) is 0 Å². The Morgan fingerprint density at radius 2 is 1.74 bits per heavy atom. The largest absolute Gasteiger partial charge is 0.362 e. The molecule has 168 valence electrons. The fourth-order valence-electron chi connectivity index (χ4n) is 4.57. The third kappa shape index (κ3) is 4.91. The first kappa shape index (κ1) is 21.4. The number of hydrogen-bond donors (Lipinski definition) is 3. The molecule has 31 heavy (non-hydrogen) atoms. The second kappa shape index (κ2) is 9.11. The Hall–Kier alpha value is -2.84. The van der Waals surface area contributed by atoms with E-state index in [-0.39, 0.29) is 12.1 Å². The number of anilines is 3. The van der Waals surface area contributed by atoms with Crippen LogP contribution in [0, 0.1) is 13.8 Å². The van der Waals surface area contributed by atoms with Crippen molar-refractivity contribution in [2.45, 2.75) is 77.3 Å². The topological polar surface area (TPSA) is 108 Å². The normalized spacial score (nSPS) is 20.6. The lowest BCUT2D eigenvalue weighted by Crippen LogP contribution is -2.42. The highest BCUT2D eigenvalue weighted by molar-refractivity contribution is 5.90. The van der Waals surface area contributed by atoms with Crippen LogP contribution < -0.4 is 20.9 Å². The second-order valence-corrected chi connectivity index (χ2v) is 8.89. The van der Waals surface area contributed by atoms with Crippen LogP contribution in [0.15, 0.2) is 4.52 Å². The number of rotatable bonds is 5. The zero-order valence-electron chi connectivity index (χ0n) is 18.9. The van der Waals surface area contributed by atoms with E-state index in [1.54, 1.807) is 6.92 Å². The van der Waals surface area contributed by atoms with Crippen molar-refractivity contribution >= 4 is 23.5 Å². The number of carbonyl (C=O) groups excluding carboxylic acids is 1. The fraction of sp³-hybridized carbons (Fsp3) is 0.636. The van der Waals surface area contributed by atoms with Crippen LogP contribution in [0.5, 0.6) is 0 Å². The molecular formula is C22H33N7O2. The van der Waals surface area contributed by atoms with Crippen molar-refractivity contribution in [3.63, 3.8) is 0 Å². The van der Waals surface area contributed by atoms with Gasteiger partial charge in [-0.1, -0.05) is 5.16 Å². The van der Waals surface area contributed by atoms with Gasteiger partial charge < -0.3 is 25.4 Å². The van der Waals surface area contributed by atoms with E-state index in [9.17, 15) is 4.79 Å². The summed E-state index contributed by atoms with van der Waals surface area (Å²) in [5.41, 5.74) is 3.83. The molecule has 0 radical (unpaired) electrons. The van der Waals surface area contributed by atoms with Crippen molar-refractivity contribution in [2.24, 2.45) is 0 Å². The van der Waals surface area contributed by atoms with Gasteiger partial charge in [-0.2, -0.15) is 4.98 Å². The lowest BCUT2D eigenvalue weighted by molar-refractivity contribution is 0.243. The van der Waals surface area contributed by atoms with E-state index in [0.29, 0.717) is 23.2 Å². The summed E-state index contributed by atoms with van der Waals surface area (Å²) in [6, 6.07) is 0.264. The molecule has 3 N–H and O–H groups in total. The van der Waals surface area contributed by atoms with E-state index >= 15 is 0 Å². The maximum Gasteiger partial charge on any atom is 0.319 e. The monoisotopic (exact) mass is 427 g/mol. The van der Waals surface area contributed by atoms with Crippen molar-refractivity contribution in [2.75, 3.05) is 29.6 Å². The predicted octanol–water partition coefficient (Wildman–Crippen LogP) is 3.57. The number of fused-ring (bicyclic) bond motifs is 1. The molecule has 2 aromatic heterocycles. The van der Waals surface area contributed by atoms with Gasteiger partial charge in [0.2, 0.25) is 5.95 Å². The second-order valence-electron chi connectivity index (χ2n) is 8.89. The molecule has 2 heterocycles. The summed E-state index contributed by atoms with van der Waals surface area (Å²) in [6.45, 7) is 3.60. The highest BCUT2D eigenvalue weighted by Crippen LogP contribution is 2.29. The molecule has 1 fully saturated rings. The number of nitrogens with one attached hydrogen (secondary N) is 3. The standard InChI is InChI=1S/C22H33N7O2/c1-13-19(14(2)31-28-13)26-22(30)24-16-11-9-15(10-12-16)23-21-25-18-8-6-5-7-17(18)20(27-21)29(3)4/h15-16H,5-12H2,1-4H3,(H,23,25,27)(H2,24,26,30). The Morgan fingerprint density at radius 3 is 2.42 bits per heavy atom. The molecular weight excluding hydrogens is 394 g/mol. The van der Waals surface area contributed by atoms with Gasteiger partial charge in [0.25, 0.3) is 0 Å². The van der Waals surface area contributed by atoms with Crippen LogP contribution in [-0.4, -0.2) is 47.3 Å². The maximum absolute atomic E-state index is 12.4. The van der Waals surface area contributed by atoms with Crippen LogP contribution in [0.2, 0.25) is 0 Å². The molecule has 0 aliphatic heterocycles. The van der Waals surface area contributed by atoms with E-state index < -0.39 is 0 Å². The van der Waals surface area contributed by atoms with Gasteiger partial charge in [-0.3, -0.25) is 0 Å². The highest BCUT2D eigenvalue weighted by Gasteiger charge is 2.25. The summed E-state index contributed by atoms with van der Waals surface area (Å²) in [4.78, 5) is 24.1. The first-order valence-corrected chi connectivity index (χ1v) is 11.2. The van der Waals surface area contributed by atoms with Gasteiger partial charge in [0.1, 0.15) is 17.2 Å². The van der Waals surface area contributed by atoms with Crippen molar-refractivity contribution in [1.82, 2.24) is 20.4 Å². The molecule has 2 amide bonds. The minimum atomic E-state index is -0.209. The number of aryl methyl sites for hydroxylation is 3. The Kier molecular flexibility index (Phi) is 6.29. The molecule has 1 saturated carbocycles. The maximum atomic E-state index is 12.4. The highest BCUT2D eigenvalue weighted by atomic mass is 16.5. The van der Waals surface area contributed by atoms with Crippen LogP contribution in [0.25, 0.3) is 0 Å². The van der Waals surface area contributed by atoms with Crippen LogP contribution >= 0.6 is 0 Å². The molecule has 0 saturated heterocycles. The van der Waals surface area contributed by atoms with Crippen molar-refractivity contribution in [3.8, 4) is 0 Å². The lowest BCUT2D eigenvalue weighted by Gasteiger charge is -2.30. The zero-order valence-corrected chi connectivity index (χ0v) is 18.9. The average molecular weight is 428 g/mol. The summed E-state index contributed by atoms with van der Waals surface area (Å²) in [5.74, 6) is 2.39. The smallest absolute Gasteiger partial charge is 0.319 e. The molecule has 0 bridgehead atoms. The predicted molar refractivity (Wildman–Crippen MR) is 121 cm³/mol. The fourth-order valence-corrected chi connectivity index (χ4v) is 4.57. The third-order valence-corrected chi connectivity index (χ3v) is 6.25. The Balaban J connectivity index is 1.31. The summed E-state index contributed by atoms with van der Waals surface area (Å²) < 4.78 is 5.10. The molecule has 2 aliphatic carbocycles. The van der Waals surface area contributed by atoms with Crippen LogP contribution in [0.4, 0.5) is 22.2 Å². The van der Waals surface area contributed by atoms with Gasteiger partial charge in [-0.15, -0.1) is 0 Å². The number of urea groups is 1. The van der Waals surface area contributed by atoms with E-state index in [1.165, 1.54) is 24.1 Å². The van der Waals surface area contributed by atoms with Gasteiger partial charge in [0, 0.05) is 31.7 Å². The summed E-state index contributed by atoms with van der Waals surface area (Å²) in [5, 5.41) is 13.4. The number of amides is 2. The molecule has 9 heteroatoms. The first-order valence-electron chi connectivity index (χ1n) is 11.2. The molecule has 4 rings (SSSR count). The third-order valence-electron chi connectivity index (χ3n) is 6.25. The number of carbonyl (C=O) groups is 1. The summed E-state index contributed by atoms with van der Waals surface area (Å²) >= 11 is 0. The van der Waals surface area contributed by atoms with Gasteiger partial charge in [0.15, 0.2) is 5.76 Å². The van der Waals surface area contributed by atoms with E-state index in [0.717, 1.165) is 50.3 Å². The summed E-state index contributed by atoms with van der Waals surface area (Å²) in [7, 11) is 4.09. The first-order chi connectivity index (χ1) is 14.9. The number of aromatic nitrogens is 3. The number of hydrogen-bond acceptors (Lipinski definition) is 7. The molecule has 0 unspecified atom stereocenters. The average Bonchev–Trinajstić information content (AvgIpc) is 3.06. The Morgan fingerprint density at radius 1 is 1.03 bits per heavy atom. The Bertz CT molecular complexity index is 913. The minimum Gasteiger partial charge on any atom is -0.362 e. The van der Waals surface area contributed by atoms with Crippen LogP contribution in [-0.2, 0) is 12.8 Å². The molecule has 0 aromatic carbocycles. The van der Waals surface area contributed by atoms with Gasteiger partial charge >= 0.3 is 6.03 Å². The Labute approximate surface area is 183 Å². The van der Waals surface area contributed by atoms with Gasteiger partial charge in [0.05, 0.1) is 5.69 Å². The van der Waals surface area contributed by atoms with Crippen molar-refractivity contribution in [1.29, 1.82) is 0 Å². The quantitative estimate of drug-likeness (QED) is 0.669. The van der Waals surface area contributed by atoms with Crippen molar-refractivity contribution in [3.05, 3.63) is 22.7 Å². The molecule has 2 aromatic rings. The summed E-state index contributed by atoms with van der Waals surface area (Å²) in [6.07, 6.45) is 8.27. The minimum absolute atomic E-state index is 0.153. The molecule has 0 spiro atoms. The van der Waals surface area contributed by atoms with E-state index in [2.05, 4.69) is 26.0 Å². The molecule has 0 atom stereocenters. The molecule has 9 nitrogen and oxygen atoms in total. The van der Waals surface area contributed by atoms with Gasteiger partial charge in [-0.05, 0) is 65.2 Å². The number of nitrogens with zero attached hydrogens (tertiary/aromatic N) is 4. The zero-order chi connectivity index (χ0) is 22.0.